The molecule has 334 valence electrons. The van der Waals surface area contributed by atoms with Crippen LogP contribution >= 0.6 is 11.6 Å². The summed E-state index contributed by atoms with van der Waals surface area (Å²) in [6.45, 7) is 1.12. The number of alkyl halides is 9. The van der Waals surface area contributed by atoms with Crippen LogP contribution in [0.25, 0.3) is 0 Å². The van der Waals surface area contributed by atoms with E-state index in [1.807, 2.05) is 30.5 Å². The number of benzene rings is 1. The second kappa shape index (κ2) is 21.5. The van der Waals surface area contributed by atoms with Crippen LogP contribution in [0.1, 0.15) is 24.0 Å². The van der Waals surface area contributed by atoms with Crippen LogP contribution in [0.5, 0.6) is 0 Å². The number of amides is 3. The number of urea groups is 1. The largest absolute Gasteiger partial charge is 0.490 e. The van der Waals surface area contributed by atoms with Crippen LogP contribution in [0.15, 0.2) is 67.4 Å². The van der Waals surface area contributed by atoms with Crippen molar-refractivity contribution in [3.8, 4) is 0 Å². The average Bonchev–Trinajstić information content (AvgIpc) is 3.64. The number of hydrogen-bond donors (Lipinski definition) is 7. The van der Waals surface area contributed by atoms with Crippen molar-refractivity contribution >= 4 is 76.0 Å². The lowest BCUT2D eigenvalue weighted by molar-refractivity contribution is -0.193. The Morgan fingerprint density at radius 2 is 1.40 bits per heavy atom. The van der Waals surface area contributed by atoms with E-state index in [2.05, 4.69) is 41.2 Å². The number of carboxylic acid groups (broad SMARTS) is 3. The monoisotopic (exact) mass is 911 g/mol. The van der Waals surface area contributed by atoms with Crippen molar-refractivity contribution in [1.29, 1.82) is 0 Å². The van der Waals surface area contributed by atoms with Gasteiger partial charge >= 0.3 is 42.5 Å². The number of carbonyl (C=O) groups excluding carboxylic acids is 2. The van der Waals surface area contributed by atoms with E-state index < -0.39 is 36.4 Å². The fraction of sp³-hybridized carbons (Fsp3) is 0.286. The highest BCUT2D eigenvalue weighted by molar-refractivity contribution is 6.32. The molecule has 0 saturated carbocycles. The molecule has 5 heterocycles. The fourth-order valence-corrected chi connectivity index (χ4v) is 5.18. The first-order valence-corrected chi connectivity index (χ1v) is 17.5. The van der Waals surface area contributed by atoms with Crippen LogP contribution in [0.4, 0.5) is 78.8 Å². The van der Waals surface area contributed by atoms with E-state index >= 15 is 0 Å². The van der Waals surface area contributed by atoms with Gasteiger partial charge in [0.15, 0.2) is 5.82 Å². The second-order valence-corrected chi connectivity index (χ2v) is 12.9. The minimum absolute atomic E-state index is 0.0797. The molecule has 7 N–H and O–H groups in total. The lowest BCUT2D eigenvalue weighted by Crippen LogP contribution is -2.33. The number of aryl methyl sites for hydroxylation is 2. The molecule has 0 spiro atoms. The molecule has 3 amide bonds. The molecule has 0 unspecified atom stereocenters. The normalized spacial score (nSPS) is 14.3. The molecule has 2 aliphatic rings. The van der Waals surface area contributed by atoms with Gasteiger partial charge in [-0.15, -0.1) is 0 Å². The van der Waals surface area contributed by atoms with Gasteiger partial charge in [0.2, 0.25) is 11.9 Å². The van der Waals surface area contributed by atoms with Crippen LogP contribution in [-0.2, 0) is 32.0 Å². The van der Waals surface area contributed by atoms with Gasteiger partial charge in [-0.1, -0.05) is 11.6 Å². The summed E-state index contributed by atoms with van der Waals surface area (Å²) < 4.78 is 95.2. The molecular weight excluding hydrogens is 881 g/mol. The molecular formula is C35H31ClF9N9O8. The lowest BCUT2D eigenvalue weighted by Gasteiger charge is -2.18. The summed E-state index contributed by atoms with van der Waals surface area (Å²) in [4.78, 5) is 71.3. The summed E-state index contributed by atoms with van der Waals surface area (Å²) in [5.41, 5.74) is 4.96. The van der Waals surface area contributed by atoms with E-state index in [9.17, 15) is 49.1 Å². The molecule has 1 fully saturated rings. The summed E-state index contributed by atoms with van der Waals surface area (Å²) in [6, 6.07) is 11.2. The van der Waals surface area contributed by atoms with Gasteiger partial charge in [-0.3, -0.25) is 14.8 Å². The van der Waals surface area contributed by atoms with Crippen LogP contribution in [0.3, 0.4) is 0 Å². The second-order valence-electron chi connectivity index (χ2n) is 12.5. The molecule has 1 atom stereocenters. The van der Waals surface area contributed by atoms with Gasteiger partial charge in [-0.25, -0.2) is 24.2 Å². The smallest absolute Gasteiger partial charge is 0.475 e. The summed E-state index contributed by atoms with van der Waals surface area (Å²) in [5.74, 6) is -7.41. The number of anilines is 6. The Kier molecular flexibility index (Phi) is 17.1. The van der Waals surface area contributed by atoms with Gasteiger partial charge in [-0.05, 0) is 72.7 Å². The Morgan fingerprint density at radius 1 is 0.774 bits per heavy atom. The Balaban J connectivity index is 0.000000403. The molecule has 0 aliphatic carbocycles. The van der Waals surface area contributed by atoms with Gasteiger partial charge in [0.05, 0.1) is 30.0 Å². The van der Waals surface area contributed by atoms with Crippen LogP contribution in [0, 0.1) is 5.92 Å². The quantitative estimate of drug-likeness (QED) is 0.0994. The van der Waals surface area contributed by atoms with Crippen molar-refractivity contribution in [1.82, 2.24) is 24.8 Å². The van der Waals surface area contributed by atoms with Crippen molar-refractivity contribution < 1.29 is 78.8 Å². The Labute approximate surface area is 347 Å². The maximum absolute atomic E-state index is 13.1. The molecule has 2 aliphatic heterocycles. The minimum atomic E-state index is -5.08. The number of nitrogens with zero attached hydrogens (tertiary/aromatic N) is 5. The van der Waals surface area contributed by atoms with E-state index in [1.54, 1.807) is 35.6 Å². The number of carboxylic acids is 3. The SMILES string of the molecule is O=C(C[C@H]1CCN(C(=O)Nc2cccnc2)C1)Nc1ccc2cc1CCc1cncc(c1)Nc1ncc(Cl)c(n1)N2.O=C(O)C(F)(F)F.O=C(O)C(F)(F)F.O=C(O)C(F)(F)F. The van der Waals surface area contributed by atoms with Crippen LogP contribution in [-0.4, -0.2) is 102 Å². The van der Waals surface area contributed by atoms with E-state index in [0.29, 0.717) is 48.4 Å². The molecule has 6 bridgehead atoms. The molecule has 27 heteroatoms. The molecule has 1 saturated heterocycles. The van der Waals surface area contributed by atoms with Crippen LogP contribution in [0.2, 0.25) is 5.02 Å². The topological polar surface area (TPSA) is 249 Å². The zero-order valence-electron chi connectivity index (χ0n) is 31.1. The number of nitrogens with one attached hydrogen (secondary N) is 4. The number of halogens is 10. The Morgan fingerprint density at radius 3 is 1.98 bits per heavy atom. The first-order chi connectivity index (χ1) is 28.8. The third kappa shape index (κ3) is 16.6. The summed E-state index contributed by atoms with van der Waals surface area (Å²) >= 11 is 6.37. The molecule has 6 rings (SSSR count). The first kappa shape index (κ1) is 49.4. The highest BCUT2D eigenvalue weighted by Crippen LogP contribution is 2.30. The number of hydrogen-bond acceptors (Lipinski definition) is 11. The predicted octanol–water partition coefficient (Wildman–Crippen LogP) is 7.29. The molecule has 17 nitrogen and oxygen atoms in total. The highest BCUT2D eigenvalue weighted by Gasteiger charge is 2.39. The van der Waals surface area contributed by atoms with Crippen molar-refractivity contribution in [2.24, 2.45) is 5.92 Å². The minimum Gasteiger partial charge on any atom is -0.475 e. The number of rotatable bonds is 4. The summed E-state index contributed by atoms with van der Waals surface area (Å²) in [7, 11) is 0. The number of carbonyl (C=O) groups is 5. The van der Waals surface area contributed by atoms with Gasteiger partial charge in [0.1, 0.15) is 5.02 Å². The Hall–Kier alpha value is -6.99. The van der Waals surface area contributed by atoms with Crippen molar-refractivity contribution in [2.45, 2.75) is 44.2 Å². The zero-order chi connectivity index (χ0) is 46.4. The molecule has 3 aromatic heterocycles. The van der Waals surface area contributed by atoms with Gasteiger partial charge in [-0.2, -0.15) is 44.5 Å². The third-order valence-corrected chi connectivity index (χ3v) is 8.08. The number of fused-ring (bicyclic) bond motifs is 6. The molecule has 1 aromatic carbocycles. The molecule has 62 heavy (non-hydrogen) atoms. The number of likely N-dealkylation sites (tertiary alicyclic amines) is 1. The van der Waals surface area contributed by atoms with Gasteiger partial charge < -0.3 is 41.5 Å². The van der Waals surface area contributed by atoms with Gasteiger partial charge in [0.25, 0.3) is 0 Å². The summed E-state index contributed by atoms with van der Waals surface area (Å²) in [6.07, 6.45) is -4.41. The fourth-order valence-electron chi connectivity index (χ4n) is 5.04. The van der Waals surface area contributed by atoms with E-state index in [4.69, 9.17) is 41.3 Å². The van der Waals surface area contributed by atoms with Gasteiger partial charge in [0, 0.05) is 43.3 Å². The van der Waals surface area contributed by atoms with Crippen molar-refractivity contribution in [3.63, 3.8) is 0 Å². The predicted molar refractivity (Wildman–Crippen MR) is 199 cm³/mol. The zero-order valence-corrected chi connectivity index (χ0v) is 31.8. The third-order valence-electron chi connectivity index (χ3n) is 7.81. The van der Waals surface area contributed by atoms with Crippen molar-refractivity contribution in [3.05, 3.63) is 83.5 Å². The van der Waals surface area contributed by atoms with E-state index in [-0.39, 0.29) is 17.9 Å². The lowest BCUT2D eigenvalue weighted by atomic mass is 10.0. The summed E-state index contributed by atoms with van der Waals surface area (Å²) in [5, 5.41) is 34.2. The maximum Gasteiger partial charge on any atom is 0.490 e. The molecule has 4 aromatic rings. The first-order valence-electron chi connectivity index (χ1n) is 17.1. The Bertz CT molecular complexity index is 2160. The number of aromatic nitrogens is 4. The highest BCUT2D eigenvalue weighted by atomic mass is 35.5. The number of aliphatic carboxylic acids is 3. The number of pyridine rings is 2. The van der Waals surface area contributed by atoms with E-state index in [0.717, 1.165) is 41.0 Å². The average molecular weight is 912 g/mol. The maximum atomic E-state index is 13.1. The van der Waals surface area contributed by atoms with E-state index in [1.165, 1.54) is 6.20 Å². The van der Waals surface area contributed by atoms with Crippen molar-refractivity contribution in [2.75, 3.05) is 34.4 Å². The van der Waals surface area contributed by atoms with Crippen LogP contribution < -0.4 is 21.3 Å². The molecule has 0 radical (unpaired) electrons. The standard InChI is InChI=1S/C29H28ClN9O2.3C2HF3O2/c30-24-16-33-28-35-23-10-18(13-32-15-23)3-4-20-12-21(34-27(24)38-28)5-6-25(20)37-26(40)11-19-7-9-39(17-19)29(41)36-22-2-1-8-31-14-22;3*3-2(4,5)1(6)7/h1-2,5-6,8,10,12-16,19H,3-4,7,9,11,17H2,(H,36,41)(H,37,40)(H2,33,34,35,38);3*(H,6,7)/t19-;;;/m1.../s1.